The Morgan fingerprint density at radius 1 is 1.11 bits per heavy atom. The summed E-state index contributed by atoms with van der Waals surface area (Å²) in [5, 5.41) is 0. The van der Waals surface area contributed by atoms with Gasteiger partial charge in [0.25, 0.3) is 0 Å². The van der Waals surface area contributed by atoms with Crippen molar-refractivity contribution in [2.75, 3.05) is 20.2 Å². The minimum atomic E-state index is -1.21. The molecule has 2 aliphatic heterocycles. The second-order valence-electron chi connectivity index (χ2n) is 9.46. The quantitative estimate of drug-likeness (QED) is 0.339. The molecule has 0 saturated carbocycles. The van der Waals surface area contributed by atoms with Gasteiger partial charge in [-0.15, -0.1) is 0 Å². The first-order valence-corrected chi connectivity index (χ1v) is 12.3. The molecule has 190 valence electrons. The summed E-state index contributed by atoms with van der Waals surface area (Å²) in [5.41, 5.74) is 4.11. The lowest BCUT2D eigenvalue weighted by atomic mass is 9.88. The normalized spacial score (nSPS) is 18.1. The van der Waals surface area contributed by atoms with Crippen LogP contribution in [0.3, 0.4) is 0 Å². The number of hydrogen-bond donors (Lipinski definition) is 0. The van der Waals surface area contributed by atoms with E-state index in [0.717, 1.165) is 41.0 Å². The van der Waals surface area contributed by atoms with Gasteiger partial charge in [0.2, 0.25) is 0 Å². The van der Waals surface area contributed by atoms with Gasteiger partial charge in [-0.25, -0.2) is 13.6 Å². The van der Waals surface area contributed by atoms with Crippen LogP contribution in [0, 0.1) is 17.6 Å². The van der Waals surface area contributed by atoms with Crippen LogP contribution in [0.5, 0.6) is 0 Å². The highest BCUT2D eigenvalue weighted by Gasteiger charge is 2.36. The summed E-state index contributed by atoms with van der Waals surface area (Å²) in [5.74, 6) is -2.39. The smallest absolute Gasteiger partial charge is 0.327 e. The van der Waals surface area contributed by atoms with Crippen LogP contribution >= 0.6 is 0 Å². The number of halogens is 2. The van der Waals surface area contributed by atoms with Crippen LogP contribution in [-0.2, 0) is 16.1 Å². The average molecular weight is 504 g/mol. The van der Waals surface area contributed by atoms with Gasteiger partial charge in [0.1, 0.15) is 17.7 Å². The van der Waals surface area contributed by atoms with E-state index < -0.39 is 23.6 Å². The molecule has 0 amide bonds. The molecule has 37 heavy (non-hydrogen) atoms. The number of ether oxygens (including phenoxy) is 1. The first kappa shape index (κ1) is 24.9. The Labute approximate surface area is 214 Å². The second-order valence-corrected chi connectivity index (χ2v) is 9.46. The molecular weight excluding hydrogens is 476 g/mol. The molecule has 2 aromatic carbocycles. The number of ketones is 1. The Morgan fingerprint density at radius 2 is 1.86 bits per heavy atom. The topological polar surface area (TPSA) is 71.9 Å². The third-order valence-electron chi connectivity index (χ3n) is 7.14. The van der Waals surface area contributed by atoms with Crippen molar-refractivity contribution in [1.82, 2.24) is 9.88 Å². The van der Waals surface area contributed by atoms with Gasteiger partial charge in [-0.2, -0.15) is 0 Å². The number of piperidine rings is 1. The predicted octanol–water partition coefficient (Wildman–Crippen LogP) is 4.91. The van der Waals surface area contributed by atoms with E-state index in [2.05, 4.69) is 9.98 Å². The number of methoxy groups -OCH3 is 1. The molecule has 3 aromatic rings. The number of esters is 1. The molecule has 0 N–H and O–H groups in total. The first-order chi connectivity index (χ1) is 18.0. The zero-order valence-corrected chi connectivity index (χ0v) is 20.5. The maximum atomic E-state index is 14.6. The molecule has 3 heterocycles. The van der Waals surface area contributed by atoms with Crippen LogP contribution in [0.2, 0.25) is 0 Å². The molecule has 1 aromatic heterocycles. The summed E-state index contributed by atoms with van der Waals surface area (Å²) >= 11 is 0. The molecule has 8 heteroatoms. The molecular formula is C29H27F2N3O3. The molecule has 0 unspecified atom stereocenters. The zero-order valence-electron chi connectivity index (χ0n) is 20.5. The van der Waals surface area contributed by atoms with Gasteiger partial charge in [0.05, 0.1) is 24.9 Å². The number of hydrogen-bond acceptors (Lipinski definition) is 6. The molecule has 5 rings (SSSR count). The molecule has 6 nitrogen and oxygen atoms in total. The number of carbonyl (C=O) groups excluding carboxylic acids is 2. The number of carbonyl (C=O) groups is 2. The molecule has 1 saturated heterocycles. The van der Waals surface area contributed by atoms with Crippen LogP contribution in [-0.4, -0.2) is 47.5 Å². The summed E-state index contributed by atoms with van der Waals surface area (Å²) in [6.45, 7) is 1.40. The monoisotopic (exact) mass is 503 g/mol. The van der Waals surface area contributed by atoms with Crippen molar-refractivity contribution < 1.29 is 23.1 Å². The summed E-state index contributed by atoms with van der Waals surface area (Å²) in [6.07, 6.45) is 5.18. The van der Waals surface area contributed by atoms with Crippen LogP contribution in [0.4, 0.5) is 8.78 Å². The van der Waals surface area contributed by atoms with E-state index in [1.54, 1.807) is 17.3 Å². The van der Waals surface area contributed by atoms with Gasteiger partial charge < -0.3 is 4.74 Å². The van der Waals surface area contributed by atoms with E-state index >= 15 is 0 Å². The van der Waals surface area contributed by atoms with Crippen molar-refractivity contribution in [3.8, 4) is 0 Å². The lowest BCUT2D eigenvalue weighted by Gasteiger charge is -2.37. The van der Waals surface area contributed by atoms with Crippen molar-refractivity contribution in [2.24, 2.45) is 10.9 Å². The Morgan fingerprint density at radius 3 is 2.59 bits per heavy atom. The predicted molar refractivity (Wildman–Crippen MR) is 134 cm³/mol. The molecule has 1 fully saturated rings. The number of likely N-dealkylation sites (tertiary alicyclic amines) is 1. The highest BCUT2D eigenvalue weighted by atomic mass is 19.1. The summed E-state index contributed by atoms with van der Waals surface area (Å²) in [7, 11) is 1.20. The van der Waals surface area contributed by atoms with E-state index in [9.17, 15) is 18.4 Å². The number of aromatic nitrogens is 1. The van der Waals surface area contributed by atoms with Crippen molar-refractivity contribution in [1.29, 1.82) is 0 Å². The summed E-state index contributed by atoms with van der Waals surface area (Å²) in [6, 6.07) is 11.8. The van der Waals surface area contributed by atoms with E-state index in [0.29, 0.717) is 31.6 Å². The number of pyridine rings is 1. The number of fused-ring (bicyclic) bond motifs is 1. The lowest BCUT2D eigenvalue weighted by Crippen LogP contribution is -2.43. The van der Waals surface area contributed by atoms with Gasteiger partial charge in [0, 0.05) is 42.0 Å². The minimum Gasteiger partial charge on any atom is -0.468 e. The van der Waals surface area contributed by atoms with Crippen molar-refractivity contribution in [2.45, 2.75) is 31.8 Å². The van der Waals surface area contributed by atoms with Gasteiger partial charge in [0.15, 0.2) is 5.78 Å². The Kier molecular flexibility index (Phi) is 7.19. The van der Waals surface area contributed by atoms with Gasteiger partial charge in [-0.3, -0.25) is 19.7 Å². The zero-order chi connectivity index (χ0) is 25.9. The van der Waals surface area contributed by atoms with Gasteiger partial charge in [-0.1, -0.05) is 18.2 Å². The number of aliphatic imine (C=N–C) groups is 1. The molecule has 0 radical (unpaired) electrons. The van der Waals surface area contributed by atoms with Gasteiger partial charge >= 0.3 is 5.97 Å². The maximum absolute atomic E-state index is 14.6. The highest BCUT2D eigenvalue weighted by molar-refractivity contribution is 6.16. The number of benzene rings is 2. The SMILES string of the molecule is COC(=O)[C@H](c1c(F)cccc1F)N1CCC[C@@H](CC(=O)c2ccc3c(c2)C(c2ccncc2)=NC3)C1. The minimum absolute atomic E-state index is 0.0117. The maximum Gasteiger partial charge on any atom is 0.327 e. The van der Waals surface area contributed by atoms with Crippen LogP contribution in [0.1, 0.15) is 57.9 Å². The van der Waals surface area contributed by atoms with E-state index in [-0.39, 0.29) is 23.7 Å². The van der Waals surface area contributed by atoms with Crippen molar-refractivity contribution in [3.63, 3.8) is 0 Å². The highest BCUT2D eigenvalue weighted by Crippen LogP contribution is 2.33. The Bertz CT molecular complexity index is 1340. The van der Waals surface area contributed by atoms with E-state index in [1.807, 2.05) is 30.3 Å². The van der Waals surface area contributed by atoms with E-state index in [4.69, 9.17) is 4.74 Å². The van der Waals surface area contributed by atoms with Gasteiger partial charge in [-0.05, 0) is 61.2 Å². The number of nitrogens with zero attached hydrogens (tertiary/aromatic N) is 3. The second kappa shape index (κ2) is 10.7. The van der Waals surface area contributed by atoms with Crippen LogP contribution in [0.25, 0.3) is 0 Å². The fourth-order valence-corrected chi connectivity index (χ4v) is 5.33. The molecule has 0 aliphatic carbocycles. The molecule has 0 bridgehead atoms. The largest absolute Gasteiger partial charge is 0.468 e. The molecule has 0 spiro atoms. The van der Waals surface area contributed by atoms with Crippen LogP contribution in [0.15, 0.2) is 65.9 Å². The number of rotatable bonds is 7. The lowest BCUT2D eigenvalue weighted by molar-refractivity contribution is -0.148. The first-order valence-electron chi connectivity index (χ1n) is 12.3. The molecule has 2 atom stereocenters. The standard InChI is InChI=1S/C29H27F2N3O3/c1-37-29(36)28(26-23(30)5-2-6-24(26)31)34-13-3-4-18(17-34)14-25(35)20-7-8-21-16-33-27(22(21)15-20)19-9-11-32-12-10-19/h2,5-12,15,18,28H,3-4,13-14,16-17H2,1H3/t18-,28-/m0/s1. The van der Waals surface area contributed by atoms with Crippen molar-refractivity contribution >= 4 is 17.5 Å². The van der Waals surface area contributed by atoms with Crippen molar-refractivity contribution in [3.05, 3.63) is 100 Å². The third kappa shape index (κ3) is 5.06. The summed E-state index contributed by atoms with van der Waals surface area (Å²) < 4.78 is 34.1. The fraction of sp³-hybridized carbons (Fsp3) is 0.310. The molecule has 2 aliphatic rings. The third-order valence-corrected chi connectivity index (χ3v) is 7.14. The van der Waals surface area contributed by atoms with Crippen LogP contribution < -0.4 is 0 Å². The Hall–Kier alpha value is -3.78. The number of Topliss-reactive ketones (excluding diaryl/α,β-unsaturated/α-hetero) is 1. The fourth-order valence-electron chi connectivity index (χ4n) is 5.33. The average Bonchev–Trinajstić information content (AvgIpc) is 3.34. The summed E-state index contributed by atoms with van der Waals surface area (Å²) in [4.78, 5) is 36.4. The Balaban J connectivity index is 1.33. The van der Waals surface area contributed by atoms with E-state index in [1.165, 1.54) is 13.2 Å².